The van der Waals surface area contributed by atoms with Crippen LogP contribution in [0.4, 0.5) is 5.69 Å². The van der Waals surface area contributed by atoms with Crippen LogP contribution in [0.25, 0.3) is 0 Å². The van der Waals surface area contributed by atoms with Gasteiger partial charge in [0.25, 0.3) is 0 Å². The van der Waals surface area contributed by atoms with Gasteiger partial charge in [-0.2, -0.15) is 0 Å². The van der Waals surface area contributed by atoms with E-state index in [0.717, 1.165) is 87.3 Å². The standard InChI is InChI=1S/C28H34N2O3/c1-33-26-7-3-2-5-21(26)12-16-29-14-10-20(11-15-29)8-9-25(31)23-17-22-6-4-13-30-27(32)19-24(18-23)28(22)30/h2-3,5,7,17-18,20H,4,6,8-16,19H2,1H3. The Balaban J connectivity index is 1.10. The number of ether oxygens (including phenoxy) is 1. The molecule has 2 aromatic rings. The third kappa shape index (κ3) is 4.70. The van der Waals surface area contributed by atoms with Gasteiger partial charge in [0.2, 0.25) is 5.91 Å². The van der Waals surface area contributed by atoms with E-state index >= 15 is 0 Å². The van der Waals surface area contributed by atoms with Crippen LogP contribution in [0.2, 0.25) is 0 Å². The van der Waals surface area contributed by atoms with Gasteiger partial charge in [0.1, 0.15) is 5.75 Å². The van der Waals surface area contributed by atoms with Gasteiger partial charge in [-0.05, 0) is 92.4 Å². The van der Waals surface area contributed by atoms with E-state index in [1.807, 2.05) is 23.1 Å². The maximum absolute atomic E-state index is 13.0. The number of likely N-dealkylation sites (tertiary alicyclic amines) is 1. The van der Waals surface area contributed by atoms with Gasteiger partial charge < -0.3 is 14.5 Å². The van der Waals surface area contributed by atoms with Crippen LogP contribution in [0.3, 0.4) is 0 Å². The van der Waals surface area contributed by atoms with Gasteiger partial charge >= 0.3 is 0 Å². The molecule has 1 amide bonds. The highest BCUT2D eigenvalue weighted by Gasteiger charge is 2.33. The Morgan fingerprint density at radius 2 is 1.88 bits per heavy atom. The molecule has 0 unspecified atom stereocenters. The summed E-state index contributed by atoms with van der Waals surface area (Å²) in [4.78, 5) is 29.7. The number of ketones is 1. The Kier molecular flexibility index (Phi) is 6.50. The number of nitrogens with zero attached hydrogens (tertiary/aromatic N) is 2. The Morgan fingerprint density at radius 3 is 2.70 bits per heavy atom. The molecule has 0 saturated carbocycles. The van der Waals surface area contributed by atoms with Gasteiger partial charge in [-0.1, -0.05) is 18.2 Å². The molecule has 33 heavy (non-hydrogen) atoms. The third-order valence-electron chi connectivity index (χ3n) is 7.71. The zero-order chi connectivity index (χ0) is 22.8. The van der Waals surface area contributed by atoms with Crippen LogP contribution in [-0.4, -0.2) is 49.9 Å². The molecule has 1 fully saturated rings. The number of anilines is 1. The molecule has 0 bridgehead atoms. The number of rotatable bonds is 8. The summed E-state index contributed by atoms with van der Waals surface area (Å²) < 4.78 is 5.48. The number of amides is 1. The summed E-state index contributed by atoms with van der Waals surface area (Å²) >= 11 is 0. The molecule has 0 spiro atoms. The SMILES string of the molecule is COc1ccccc1CCN1CCC(CCC(=O)c2cc3c4c(c2)CC(=O)N4CCC3)CC1. The Hall–Kier alpha value is -2.66. The number of Topliss-reactive ketones (excluding diaryl/α,β-unsaturated/α-hetero) is 1. The van der Waals surface area contributed by atoms with Crippen molar-refractivity contribution in [1.29, 1.82) is 0 Å². The van der Waals surface area contributed by atoms with Gasteiger partial charge in [-0.15, -0.1) is 0 Å². The summed E-state index contributed by atoms with van der Waals surface area (Å²) in [7, 11) is 1.73. The number of piperidine rings is 1. The lowest BCUT2D eigenvalue weighted by Gasteiger charge is -2.32. The first-order chi connectivity index (χ1) is 16.1. The van der Waals surface area contributed by atoms with Crippen molar-refractivity contribution in [3.05, 3.63) is 58.7 Å². The molecule has 174 valence electrons. The van der Waals surface area contributed by atoms with Crippen molar-refractivity contribution in [2.75, 3.05) is 38.2 Å². The lowest BCUT2D eigenvalue weighted by molar-refractivity contribution is -0.117. The van der Waals surface area contributed by atoms with E-state index < -0.39 is 0 Å². The van der Waals surface area contributed by atoms with Crippen molar-refractivity contribution in [2.45, 2.75) is 51.4 Å². The number of benzene rings is 2. The molecule has 0 aromatic heterocycles. The molecule has 5 heteroatoms. The summed E-state index contributed by atoms with van der Waals surface area (Å²) in [5.74, 6) is 2.03. The smallest absolute Gasteiger partial charge is 0.231 e. The molecule has 0 aliphatic carbocycles. The zero-order valence-electron chi connectivity index (χ0n) is 19.6. The first-order valence-corrected chi connectivity index (χ1v) is 12.5. The number of hydrogen-bond donors (Lipinski definition) is 0. The van der Waals surface area contributed by atoms with Crippen molar-refractivity contribution in [3.63, 3.8) is 0 Å². The molecule has 3 heterocycles. The summed E-state index contributed by atoms with van der Waals surface area (Å²) in [6, 6.07) is 12.3. The molecule has 0 radical (unpaired) electrons. The van der Waals surface area contributed by atoms with E-state index in [1.54, 1.807) is 7.11 Å². The van der Waals surface area contributed by atoms with Crippen LogP contribution in [0, 0.1) is 5.92 Å². The zero-order valence-corrected chi connectivity index (χ0v) is 19.6. The minimum absolute atomic E-state index is 0.188. The molecular weight excluding hydrogens is 412 g/mol. The number of methoxy groups -OCH3 is 1. The largest absolute Gasteiger partial charge is 0.496 e. The van der Waals surface area contributed by atoms with Crippen molar-refractivity contribution < 1.29 is 14.3 Å². The highest BCUT2D eigenvalue weighted by Crippen LogP contribution is 2.38. The van der Waals surface area contributed by atoms with Crippen LogP contribution in [-0.2, 0) is 24.1 Å². The van der Waals surface area contributed by atoms with Gasteiger partial charge in [-0.3, -0.25) is 9.59 Å². The molecule has 0 N–H and O–H groups in total. The number of aryl methyl sites for hydroxylation is 1. The quantitative estimate of drug-likeness (QED) is 0.562. The first-order valence-electron chi connectivity index (χ1n) is 12.5. The van der Waals surface area contributed by atoms with Crippen LogP contribution in [0.5, 0.6) is 5.75 Å². The van der Waals surface area contributed by atoms with Crippen LogP contribution >= 0.6 is 0 Å². The molecule has 5 nitrogen and oxygen atoms in total. The normalized spacial score (nSPS) is 18.5. The van der Waals surface area contributed by atoms with E-state index in [0.29, 0.717) is 18.8 Å². The molecule has 2 aromatic carbocycles. The van der Waals surface area contributed by atoms with Crippen molar-refractivity contribution in [2.24, 2.45) is 5.92 Å². The highest BCUT2D eigenvalue weighted by atomic mass is 16.5. The van der Waals surface area contributed by atoms with E-state index in [4.69, 9.17) is 4.74 Å². The van der Waals surface area contributed by atoms with Gasteiger partial charge in [0.05, 0.1) is 19.2 Å². The third-order valence-corrected chi connectivity index (χ3v) is 7.71. The predicted molar refractivity (Wildman–Crippen MR) is 130 cm³/mol. The lowest BCUT2D eigenvalue weighted by atomic mass is 9.89. The van der Waals surface area contributed by atoms with Crippen molar-refractivity contribution >= 4 is 17.4 Å². The van der Waals surface area contributed by atoms with E-state index in [1.165, 1.54) is 11.1 Å². The number of para-hydroxylation sites is 1. The van der Waals surface area contributed by atoms with Gasteiger partial charge in [-0.25, -0.2) is 0 Å². The van der Waals surface area contributed by atoms with E-state index in [2.05, 4.69) is 23.1 Å². The van der Waals surface area contributed by atoms with Crippen molar-refractivity contribution in [1.82, 2.24) is 4.90 Å². The molecular formula is C28H34N2O3. The molecule has 3 aliphatic rings. The second-order valence-corrected chi connectivity index (χ2v) is 9.78. The summed E-state index contributed by atoms with van der Waals surface area (Å²) in [5, 5.41) is 0. The topological polar surface area (TPSA) is 49.9 Å². The van der Waals surface area contributed by atoms with Gasteiger partial charge in [0, 0.05) is 25.1 Å². The predicted octanol–water partition coefficient (Wildman–Crippen LogP) is 4.45. The molecule has 1 saturated heterocycles. The molecule has 3 aliphatic heterocycles. The fourth-order valence-electron chi connectivity index (χ4n) is 5.81. The second-order valence-electron chi connectivity index (χ2n) is 9.78. The first kappa shape index (κ1) is 22.1. The average molecular weight is 447 g/mol. The minimum Gasteiger partial charge on any atom is -0.496 e. The van der Waals surface area contributed by atoms with Crippen LogP contribution < -0.4 is 9.64 Å². The maximum Gasteiger partial charge on any atom is 0.231 e. The van der Waals surface area contributed by atoms with Crippen LogP contribution in [0.15, 0.2) is 36.4 Å². The van der Waals surface area contributed by atoms with E-state index in [9.17, 15) is 9.59 Å². The average Bonchev–Trinajstić information content (AvgIpc) is 3.18. The summed E-state index contributed by atoms with van der Waals surface area (Å²) in [6.07, 6.45) is 7.34. The Morgan fingerprint density at radius 1 is 1.09 bits per heavy atom. The molecule has 5 rings (SSSR count). The highest BCUT2D eigenvalue weighted by molar-refractivity contribution is 6.05. The van der Waals surface area contributed by atoms with Gasteiger partial charge in [0.15, 0.2) is 5.78 Å². The minimum atomic E-state index is 0.188. The van der Waals surface area contributed by atoms with E-state index in [-0.39, 0.29) is 11.7 Å². The summed E-state index contributed by atoms with van der Waals surface area (Å²) in [5.41, 5.74) is 5.43. The Labute approximate surface area is 196 Å². The van der Waals surface area contributed by atoms with Crippen LogP contribution in [0.1, 0.15) is 59.2 Å². The number of carbonyl (C=O) groups excluding carboxylic acids is 2. The Bertz CT molecular complexity index is 1040. The number of carbonyl (C=O) groups is 2. The fraction of sp³-hybridized carbons (Fsp3) is 0.500. The monoisotopic (exact) mass is 446 g/mol. The lowest BCUT2D eigenvalue weighted by Crippen LogP contribution is -2.35. The second kappa shape index (κ2) is 9.68. The fourth-order valence-corrected chi connectivity index (χ4v) is 5.81. The summed E-state index contributed by atoms with van der Waals surface area (Å²) in [6.45, 7) is 4.09. The van der Waals surface area contributed by atoms with Crippen molar-refractivity contribution in [3.8, 4) is 5.75 Å². The maximum atomic E-state index is 13.0. The number of hydrogen-bond acceptors (Lipinski definition) is 4. The molecule has 0 atom stereocenters.